The molecule has 96 valence electrons. The first-order valence-corrected chi connectivity index (χ1v) is 7.15. The third kappa shape index (κ3) is 3.08. The maximum absolute atomic E-state index is 5.73. The first-order valence-electron chi connectivity index (χ1n) is 6.07. The average Bonchev–Trinajstić information content (AvgIpc) is 2.86. The predicted octanol–water partition coefficient (Wildman–Crippen LogP) is 3.40. The standard InChI is InChI=1S/C13H16IN3O/c1-3-11(15-4-2)13-17-16-12(18-13)9-5-7-10(14)8-6-9/h5-8,11,15H,3-4H2,1-2H3. The van der Waals surface area contributed by atoms with Gasteiger partial charge in [0.05, 0.1) is 6.04 Å². The molecular weight excluding hydrogens is 341 g/mol. The fourth-order valence-corrected chi connectivity index (χ4v) is 2.10. The van der Waals surface area contributed by atoms with Crippen LogP contribution in [0.4, 0.5) is 0 Å². The summed E-state index contributed by atoms with van der Waals surface area (Å²) < 4.78 is 6.92. The summed E-state index contributed by atoms with van der Waals surface area (Å²) in [6.45, 7) is 5.06. The molecule has 1 aromatic heterocycles. The highest BCUT2D eigenvalue weighted by atomic mass is 127. The molecule has 1 N–H and O–H groups in total. The maximum Gasteiger partial charge on any atom is 0.247 e. The van der Waals surface area contributed by atoms with Crippen molar-refractivity contribution in [3.8, 4) is 11.5 Å². The number of hydrogen-bond donors (Lipinski definition) is 1. The Morgan fingerprint density at radius 3 is 2.56 bits per heavy atom. The molecule has 0 bridgehead atoms. The molecule has 0 amide bonds. The first-order chi connectivity index (χ1) is 8.74. The third-order valence-corrected chi connectivity index (χ3v) is 3.41. The van der Waals surface area contributed by atoms with E-state index in [0.29, 0.717) is 11.8 Å². The van der Waals surface area contributed by atoms with Crippen LogP contribution in [-0.2, 0) is 0 Å². The zero-order valence-corrected chi connectivity index (χ0v) is 12.6. The van der Waals surface area contributed by atoms with Crippen LogP contribution in [0, 0.1) is 3.57 Å². The Bertz CT molecular complexity index is 495. The number of hydrogen-bond acceptors (Lipinski definition) is 4. The summed E-state index contributed by atoms with van der Waals surface area (Å²) in [4.78, 5) is 0. The highest BCUT2D eigenvalue weighted by Crippen LogP contribution is 2.22. The van der Waals surface area contributed by atoms with Crippen LogP contribution in [0.15, 0.2) is 28.7 Å². The van der Waals surface area contributed by atoms with E-state index in [4.69, 9.17) is 4.42 Å². The predicted molar refractivity (Wildman–Crippen MR) is 79.2 cm³/mol. The Balaban J connectivity index is 2.21. The molecule has 0 radical (unpaired) electrons. The summed E-state index contributed by atoms with van der Waals surface area (Å²) >= 11 is 2.27. The molecule has 1 heterocycles. The fraction of sp³-hybridized carbons (Fsp3) is 0.385. The normalized spacial score (nSPS) is 12.6. The Kier molecular flexibility index (Phi) is 4.71. The summed E-state index contributed by atoms with van der Waals surface area (Å²) in [6, 6.07) is 8.18. The molecule has 0 aliphatic carbocycles. The van der Waals surface area contributed by atoms with Crippen LogP contribution in [0.3, 0.4) is 0 Å². The van der Waals surface area contributed by atoms with E-state index in [1.807, 2.05) is 24.3 Å². The Morgan fingerprint density at radius 1 is 1.22 bits per heavy atom. The van der Waals surface area contributed by atoms with Gasteiger partial charge >= 0.3 is 0 Å². The van der Waals surface area contributed by atoms with E-state index in [1.54, 1.807) is 0 Å². The van der Waals surface area contributed by atoms with Crippen LogP contribution in [0.5, 0.6) is 0 Å². The summed E-state index contributed by atoms with van der Waals surface area (Å²) in [7, 11) is 0. The third-order valence-electron chi connectivity index (χ3n) is 2.69. The van der Waals surface area contributed by atoms with Gasteiger partial charge in [-0.1, -0.05) is 13.8 Å². The number of benzene rings is 1. The van der Waals surface area contributed by atoms with Crippen molar-refractivity contribution < 1.29 is 4.42 Å². The molecule has 2 rings (SSSR count). The first kappa shape index (κ1) is 13.5. The summed E-state index contributed by atoms with van der Waals surface area (Å²) in [5, 5.41) is 11.6. The number of rotatable bonds is 5. The molecule has 1 atom stereocenters. The van der Waals surface area contributed by atoms with E-state index in [-0.39, 0.29) is 6.04 Å². The monoisotopic (exact) mass is 357 g/mol. The van der Waals surface area contributed by atoms with Crippen LogP contribution in [0.2, 0.25) is 0 Å². The minimum Gasteiger partial charge on any atom is -0.419 e. The molecule has 2 aromatic rings. The van der Waals surface area contributed by atoms with E-state index in [0.717, 1.165) is 18.5 Å². The van der Waals surface area contributed by atoms with Crippen molar-refractivity contribution in [3.05, 3.63) is 33.7 Å². The lowest BCUT2D eigenvalue weighted by molar-refractivity contribution is 0.402. The second-order valence-electron chi connectivity index (χ2n) is 3.97. The molecule has 5 heteroatoms. The van der Waals surface area contributed by atoms with Crippen molar-refractivity contribution >= 4 is 22.6 Å². The van der Waals surface area contributed by atoms with Gasteiger partial charge in [-0.05, 0) is 59.8 Å². The molecular formula is C13H16IN3O. The molecule has 1 unspecified atom stereocenters. The van der Waals surface area contributed by atoms with Crippen LogP contribution >= 0.6 is 22.6 Å². The minimum atomic E-state index is 0.139. The van der Waals surface area contributed by atoms with Crippen molar-refractivity contribution in [2.24, 2.45) is 0 Å². The molecule has 0 aliphatic rings. The number of halogens is 1. The SMILES string of the molecule is CCNC(CC)c1nnc(-c2ccc(I)cc2)o1. The van der Waals surface area contributed by atoms with Crippen molar-refractivity contribution in [1.82, 2.24) is 15.5 Å². The number of nitrogens with zero attached hydrogens (tertiary/aromatic N) is 2. The van der Waals surface area contributed by atoms with Crippen LogP contribution in [-0.4, -0.2) is 16.7 Å². The van der Waals surface area contributed by atoms with Gasteiger partial charge in [-0.3, -0.25) is 0 Å². The summed E-state index contributed by atoms with van der Waals surface area (Å²) in [6.07, 6.45) is 0.933. The van der Waals surface area contributed by atoms with E-state index in [2.05, 4.69) is 52.0 Å². The molecule has 1 aromatic carbocycles. The second-order valence-corrected chi connectivity index (χ2v) is 5.22. The lowest BCUT2D eigenvalue weighted by atomic mass is 10.2. The van der Waals surface area contributed by atoms with Crippen LogP contribution < -0.4 is 5.32 Å². The van der Waals surface area contributed by atoms with E-state index in [1.165, 1.54) is 3.57 Å². The van der Waals surface area contributed by atoms with E-state index < -0.39 is 0 Å². The van der Waals surface area contributed by atoms with Gasteiger partial charge in [0.25, 0.3) is 0 Å². The number of nitrogens with one attached hydrogen (secondary N) is 1. The summed E-state index contributed by atoms with van der Waals surface area (Å²) in [5.41, 5.74) is 0.959. The second kappa shape index (κ2) is 6.29. The zero-order valence-electron chi connectivity index (χ0n) is 10.5. The lowest BCUT2D eigenvalue weighted by Gasteiger charge is -2.09. The van der Waals surface area contributed by atoms with Crippen molar-refractivity contribution in [2.45, 2.75) is 26.3 Å². The Hall–Kier alpha value is -0.950. The van der Waals surface area contributed by atoms with Crippen molar-refractivity contribution in [1.29, 1.82) is 0 Å². The van der Waals surface area contributed by atoms with E-state index >= 15 is 0 Å². The molecule has 0 spiro atoms. The van der Waals surface area contributed by atoms with Gasteiger partial charge in [0.15, 0.2) is 0 Å². The van der Waals surface area contributed by atoms with Gasteiger partial charge in [0.2, 0.25) is 11.8 Å². The van der Waals surface area contributed by atoms with Crippen molar-refractivity contribution in [2.75, 3.05) is 6.54 Å². The molecule has 0 aliphatic heterocycles. The van der Waals surface area contributed by atoms with Crippen LogP contribution in [0.25, 0.3) is 11.5 Å². The molecule has 0 fully saturated rings. The Labute approximate surface area is 120 Å². The largest absolute Gasteiger partial charge is 0.419 e. The average molecular weight is 357 g/mol. The van der Waals surface area contributed by atoms with Gasteiger partial charge in [-0.15, -0.1) is 10.2 Å². The molecule has 4 nitrogen and oxygen atoms in total. The smallest absolute Gasteiger partial charge is 0.247 e. The van der Waals surface area contributed by atoms with Gasteiger partial charge in [-0.25, -0.2) is 0 Å². The minimum absolute atomic E-state index is 0.139. The Morgan fingerprint density at radius 2 is 1.94 bits per heavy atom. The quantitative estimate of drug-likeness (QED) is 0.834. The highest BCUT2D eigenvalue weighted by Gasteiger charge is 2.16. The van der Waals surface area contributed by atoms with Gasteiger partial charge < -0.3 is 9.73 Å². The van der Waals surface area contributed by atoms with Gasteiger partial charge in [0.1, 0.15) is 0 Å². The number of aromatic nitrogens is 2. The lowest BCUT2D eigenvalue weighted by Crippen LogP contribution is -2.20. The van der Waals surface area contributed by atoms with E-state index in [9.17, 15) is 0 Å². The topological polar surface area (TPSA) is 51.0 Å². The molecule has 0 saturated heterocycles. The van der Waals surface area contributed by atoms with Gasteiger partial charge in [-0.2, -0.15) is 0 Å². The fourth-order valence-electron chi connectivity index (χ4n) is 1.74. The molecule has 0 saturated carbocycles. The van der Waals surface area contributed by atoms with Crippen LogP contribution in [0.1, 0.15) is 32.2 Å². The summed E-state index contributed by atoms with van der Waals surface area (Å²) in [5.74, 6) is 1.24. The zero-order chi connectivity index (χ0) is 13.0. The van der Waals surface area contributed by atoms with Gasteiger partial charge in [0, 0.05) is 9.13 Å². The van der Waals surface area contributed by atoms with Crippen molar-refractivity contribution in [3.63, 3.8) is 0 Å². The highest BCUT2D eigenvalue weighted by molar-refractivity contribution is 14.1. The molecule has 18 heavy (non-hydrogen) atoms. The maximum atomic E-state index is 5.73.